The summed E-state index contributed by atoms with van der Waals surface area (Å²) in [5, 5.41) is 20.9. The maximum atomic E-state index is 14.9. The molecule has 2 saturated heterocycles. The third-order valence-corrected chi connectivity index (χ3v) is 10.8. The second-order valence-corrected chi connectivity index (χ2v) is 14.0. The number of pyridine rings is 1. The summed E-state index contributed by atoms with van der Waals surface area (Å²) in [5.41, 5.74) is -2.32. The first kappa shape index (κ1) is 38.1. The zero-order valence-corrected chi connectivity index (χ0v) is 28.7. The van der Waals surface area contributed by atoms with Gasteiger partial charge in [0.05, 0.1) is 23.1 Å². The highest BCUT2D eigenvalue weighted by Crippen LogP contribution is 2.44. The second-order valence-electron chi connectivity index (χ2n) is 13.1. The van der Waals surface area contributed by atoms with Crippen LogP contribution in [0.25, 0.3) is 0 Å². The van der Waals surface area contributed by atoms with E-state index in [0.29, 0.717) is 42.7 Å². The monoisotopic (exact) mass is 736 g/mol. The van der Waals surface area contributed by atoms with Gasteiger partial charge in [-0.2, -0.15) is 31.6 Å². The number of piperidine rings is 2. The number of alkyl halides is 6. The van der Waals surface area contributed by atoms with Crippen molar-refractivity contribution in [3.8, 4) is 11.8 Å². The van der Waals surface area contributed by atoms with Crippen LogP contribution in [0.5, 0.6) is 5.75 Å². The number of nitrogens with zero attached hydrogens (tertiary/aromatic N) is 4. The lowest BCUT2D eigenvalue weighted by molar-refractivity contribution is -0.163. The van der Waals surface area contributed by atoms with Crippen molar-refractivity contribution < 1.29 is 45.8 Å². The van der Waals surface area contributed by atoms with Gasteiger partial charge in [-0.25, -0.2) is 0 Å². The molecule has 1 amide bonds. The van der Waals surface area contributed by atoms with Crippen LogP contribution >= 0.6 is 11.3 Å². The number of nitriles is 1. The van der Waals surface area contributed by atoms with E-state index < -0.39 is 51.7 Å². The minimum Gasteiger partial charge on any atom is -0.481 e. The van der Waals surface area contributed by atoms with Gasteiger partial charge in [0.2, 0.25) is 5.60 Å². The zero-order chi connectivity index (χ0) is 37.0. The Morgan fingerprint density at radius 1 is 1.06 bits per heavy atom. The number of carboxylic acids is 1. The van der Waals surface area contributed by atoms with Gasteiger partial charge in [-0.05, 0) is 67.8 Å². The molecule has 4 heterocycles. The van der Waals surface area contributed by atoms with Crippen molar-refractivity contribution >= 4 is 23.2 Å². The van der Waals surface area contributed by atoms with Crippen molar-refractivity contribution in [3.63, 3.8) is 0 Å². The lowest BCUT2D eigenvalue weighted by atomic mass is 9.71. The molecule has 1 N–H and O–H groups in total. The highest BCUT2D eigenvalue weighted by molar-refractivity contribution is 7.10. The fraction of sp³-hybridized carbons (Fsp3) is 0.500. The topological polar surface area (TPSA) is 107 Å². The van der Waals surface area contributed by atoms with E-state index in [1.165, 1.54) is 5.38 Å². The highest BCUT2D eigenvalue weighted by atomic mass is 32.1. The Morgan fingerprint density at radius 3 is 2.41 bits per heavy atom. The molecule has 274 valence electrons. The summed E-state index contributed by atoms with van der Waals surface area (Å²) >= 11 is 0.427. The number of ether oxygens (including phenoxy) is 1. The summed E-state index contributed by atoms with van der Waals surface area (Å²) in [4.78, 5) is 32.5. The number of aliphatic carboxylic acids is 1. The van der Waals surface area contributed by atoms with Crippen LogP contribution in [0.4, 0.5) is 26.3 Å². The summed E-state index contributed by atoms with van der Waals surface area (Å²) in [7, 11) is 0. The van der Waals surface area contributed by atoms with Gasteiger partial charge in [-0.1, -0.05) is 37.6 Å². The Balaban J connectivity index is 1.50. The molecule has 5 rings (SSSR count). The van der Waals surface area contributed by atoms with Crippen LogP contribution in [0.3, 0.4) is 0 Å². The number of carbonyl (C=O) groups excluding carboxylic acids is 1. The molecular formula is C36H38F6N4O4S. The molecule has 0 bridgehead atoms. The van der Waals surface area contributed by atoms with Gasteiger partial charge in [-0.3, -0.25) is 19.5 Å². The van der Waals surface area contributed by atoms with Crippen LogP contribution in [0.15, 0.2) is 54.2 Å². The smallest absolute Gasteiger partial charge is 0.425 e. The van der Waals surface area contributed by atoms with E-state index in [1.807, 2.05) is 6.92 Å². The first-order valence-electron chi connectivity index (χ1n) is 16.7. The third-order valence-electron chi connectivity index (χ3n) is 9.89. The molecule has 8 nitrogen and oxygen atoms in total. The van der Waals surface area contributed by atoms with Gasteiger partial charge in [0.15, 0.2) is 0 Å². The molecule has 0 spiro atoms. The largest absolute Gasteiger partial charge is 0.481 e. The van der Waals surface area contributed by atoms with E-state index in [4.69, 9.17) is 4.74 Å². The van der Waals surface area contributed by atoms with Gasteiger partial charge in [0, 0.05) is 49.9 Å². The van der Waals surface area contributed by atoms with Crippen LogP contribution in [0.1, 0.15) is 79.0 Å². The van der Waals surface area contributed by atoms with Crippen molar-refractivity contribution in [1.82, 2.24) is 14.8 Å². The molecule has 0 saturated carbocycles. The van der Waals surface area contributed by atoms with Crippen LogP contribution < -0.4 is 4.74 Å². The molecule has 51 heavy (non-hydrogen) atoms. The SMILES string of the molecule is CCC[C@H]1N(Cc2cnccc2C(F)(F)F)CCC[C@@]1(Oc1csc(C(F)(F)F)c1)C(=O)N1CCC(C#N)(c2ccccc2CCC(=O)O)CC1. The third kappa shape index (κ3) is 8.17. The fourth-order valence-corrected chi connectivity index (χ4v) is 8.16. The Morgan fingerprint density at radius 2 is 1.78 bits per heavy atom. The Hall–Kier alpha value is -4.16. The van der Waals surface area contributed by atoms with Gasteiger partial charge in [-0.15, -0.1) is 11.3 Å². The van der Waals surface area contributed by atoms with E-state index in [0.717, 1.165) is 30.1 Å². The number of benzene rings is 1. The van der Waals surface area contributed by atoms with Crippen LogP contribution in [-0.2, 0) is 40.3 Å². The molecule has 0 unspecified atom stereocenters. The molecule has 2 aliphatic rings. The molecule has 2 aliphatic heterocycles. The number of carbonyl (C=O) groups is 2. The van der Waals surface area contributed by atoms with Crippen molar-refractivity contribution in [1.29, 1.82) is 5.26 Å². The van der Waals surface area contributed by atoms with E-state index in [9.17, 15) is 46.3 Å². The number of carboxylic acid groups (broad SMARTS) is 1. The number of aromatic nitrogens is 1. The maximum Gasteiger partial charge on any atom is 0.425 e. The molecule has 2 fully saturated rings. The number of amides is 1. The van der Waals surface area contributed by atoms with Gasteiger partial charge in [0.1, 0.15) is 10.6 Å². The van der Waals surface area contributed by atoms with Gasteiger partial charge < -0.3 is 14.7 Å². The summed E-state index contributed by atoms with van der Waals surface area (Å²) in [5.74, 6) is -1.63. The predicted octanol–water partition coefficient (Wildman–Crippen LogP) is 7.86. The average molecular weight is 737 g/mol. The van der Waals surface area contributed by atoms with Crippen molar-refractivity contribution in [2.45, 2.75) is 94.2 Å². The van der Waals surface area contributed by atoms with Crippen molar-refractivity contribution in [3.05, 3.63) is 81.3 Å². The zero-order valence-electron chi connectivity index (χ0n) is 27.9. The molecule has 3 aromatic rings. The number of rotatable bonds is 11. The van der Waals surface area contributed by atoms with Crippen molar-refractivity contribution in [2.24, 2.45) is 0 Å². The number of hydrogen-bond donors (Lipinski definition) is 1. The molecule has 1 aromatic carbocycles. The van der Waals surface area contributed by atoms with E-state index in [1.54, 1.807) is 34.1 Å². The first-order valence-corrected chi connectivity index (χ1v) is 17.6. The standard InChI is InChI=1S/C36H38F6N4O4S/c1-2-6-29-34(50-26-19-30(51-22-26)36(40,41)42,12-5-16-46(29)21-25-20-44-15-11-28(25)35(37,38)39)32(49)45-17-13-33(23-43,14-18-45)27-8-4-3-7-24(27)9-10-31(47)48/h3-4,7-8,11,15,19-20,22,29H,2,5-6,9-10,12-14,16-18,21H2,1H3,(H,47,48)/t29-,34+/m1/s1. The predicted molar refractivity (Wildman–Crippen MR) is 176 cm³/mol. The van der Waals surface area contributed by atoms with Gasteiger partial charge >= 0.3 is 18.3 Å². The first-order chi connectivity index (χ1) is 24.1. The van der Waals surface area contributed by atoms with Crippen LogP contribution in [0, 0.1) is 11.3 Å². The van der Waals surface area contributed by atoms with Crippen LogP contribution in [0.2, 0.25) is 0 Å². The maximum absolute atomic E-state index is 14.9. The fourth-order valence-electron chi connectivity index (χ4n) is 7.48. The van der Waals surface area contributed by atoms with Crippen LogP contribution in [-0.4, -0.2) is 63.0 Å². The quantitative estimate of drug-likeness (QED) is 0.200. The molecular weight excluding hydrogens is 698 g/mol. The summed E-state index contributed by atoms with van der Waals surface area (Å²) in [6, 6.07) is 10.5. The highest BCUT2D eigenvalue weighted by Gasteiger charge is 2.55. The van der Waals surface area contributed by atoms with E-state index >= 15 is 0 Å². The lowest BCUT2D eigenvalue weighted by Crippen LogP contribution is -2.67. The summed E-state index contributed by atoms with van der Waals surface area (Å²) in [6.45, 7) is 2.15. The van der Waals surface area contributed by atoms with Crippen molar-refractivity contribution in [2.75, 3.05) is 19.6 Å². The lowest BCUT2D eigenvalue weighted by Gasteiger charge is -2.51. The molecule has 2 aromatic heterocycles. The van der Waals surface area contributed by atoms with E-state index in [2.05, 4.69) is 11.1 Å². The number of hydrogen-bond acceptors (Lipinski definition) is 7. The molecule has 0 aliphatic carbocycles. The molecule has 0 radical (unpaired) electrons. The number of likely N-dealkylation sites (tertiary alicyclic amines) is 2. The number of thiophene rings is 1. The number of halogens is 6. The minimum absolute atomic E-state index is 0.0948. The van der Waals surface area contributed by atoms with E-state index in [-0.39, 0.29) is 63.1 Å². The normalized spacial score (nSPS) is 21.2. The Bertz CT molecular complexity index is 1750. The van der Waals surface area contributed by atoms with Gasteiger partial charge in [0.25, 0.3) is 5.91 Å². The summed E-state index contributed by atoms with van der Waals surface area (Å²) < 4.78 is 89.4. The Kier molecular flexibility index (Phi) is 11.4. The number of aryl methyl sites for hydroxylation is 1. The minimum atomic E-state index is -4.66. The molecule has 2 atom stereocenters. The second kappa shape index (κ2) is 15.2. The summed E-state index contributed by atoms with van der Waals surface area (Å²) in [6.07, 6.45) is -5.37. The molecule has 15 heteroatoms. The average Bonchev–Trinajstić information content (AvgIpc) is 3.58. The Labute approximate surface area is 295 Å².